The lowest BCUT2D eigenvalue weighted by atomic mass is 10.2. The first kappa shape index (κ1) is 7.09. The molecule has 0 saturated heterocycles. The maximum Gasteiger partial charge on any atom is -0.0165 e. The van der Waals surface area contributed by atoms with Gasteiger partial charge in [0, 0.05) is 0 Å². The van der Waals surface area contributed by atoms with E-state index >= 15 is 0 Å². The fourth-order valence-corrected chi connectivity index (χ4v) is 0.333. The van der Waals surface area contributed by atoms with E-state index in [0.29, 0.717) is 5.92 Å². The van der Waals surface area contributed by atoms with Crippen molar-refractivity contribution in [2.24, 2.45) is 5.92 Å². The largest absolute Gasteiger partial charge is 0.148 e. The van der Waals surface area contributed by atoms with Crippen LogP contribution in [0.5, 0.6) is 0 Å². The van der Waals surface area contributed by atoms with E-state index in [9.17, 15) is 0 Å². The smallest absolute Gasteiger partial charge is 0.0165 e. The molecule has 7 heavy (non-hydrogen) atoms. The molecule has 0 nitrogen and oxygen atoms in total. The first-order valence-electron chi connectivity index (χ1n) is 2.53. The van der Waals surface area contributed by atoms with Crippen LogP contribution in [0.15, 0.2) is 11.0 Å². The fourth-order valence-electron chi connectivity index (χ4n) is 0.333. The summed E-state index contributed by atoms with van der Waals surface area (Å²) in [5.41, 5.74) is 0. The number of hydrogen-bond acceptors (Lipinski definition) is 1. The Hall–Kier alpha value is 0.0900. The van der Waals surface area contributed by atoms with Crippen LogP contribution in [0.25, 0.3) is 0 Å². The Morgan fingerprint density at radius 3 is 2.00 bits per heavy atom. The molecule has 0 amide bonds. The SMILES string of the molecule is C/C=C(/S)C(C)C. The third-order valence-corrected chi connectivity index (χ3v) is 1.66. The predicted octanol–water partition coefficient (Wildman–Crippen LogP) is 2.48. The summed E-state index contributed by atoms with van der Waals surface area (Å²) in [7, 11) is 0. The number of thiol groups is 1. The lowest BCUT2D eigenvalue weighted by Crippen LogP contribution is -1.82. The van der Waals surface area contributed by atoms with Gasteiger partial charge in [-0.15, -0.1) is 12.6 Å². The highest BCUT2D eigenvalue weighted by Gasteiger charge is 1.91. The first-order chi connectivity index (χ1) is 3.18. The molecule has 42 valence electrons. The van der Waals surface area contributed by atoms with Gasteiger partial charge in [-0.25, -0.2) is 0 Å². The van der Waals surface area contributed by atoms with Crippen molar-refractivity contribution in [1.29, 1.82) is 0 Å². The average Bonchev–Trinajstić information content (AvgIpc) is 1.65. The quantitative estimate of drug-likeness (QED) is 0.500. The van der Waals surface area contributed by atoms with Crippen LogP contribution in [0, 0.1) is 5.92 Å². The molecule has 0 radical (unpaired) electrons. The summed E-state index contributed by atoms with van der Waals surface area (Å²) < 4.78 is 0. The minimum atomic E-state index is 0.591. The van der Waals surface area contributed by atoms with Crippen molar-refractivity contribution < 1.29 is 0 Å². The molecular weight excluding hydrogens is 104 g/mol. The van der Waals surface area contributed by atoms with E-state index in [4.69, 9.17) is 0 Å². The highest BCUT2D eigenvalue weighted by molar-refractivity contribution is 7.84. The highest BCUT2D eigenvalue weighted by atomic mass is 32.1. The average molecular weight is 116 g/mol. The lowest BCUT2D eigenvalue weighted by Gasteiger charge is -1.99. The Morgan fingerprint density at radius 1 is 1.57 bits per heavy atom. The van der Waals surface area contributed by atoms with E-state index in [1.165, 1.54) is 4.91 Å². The van der Waals surface area contributed by atoms with E-state index in [1.807, 2.05) is 13.0 Å². The zero-order valence-electron chi connectivity index (χ0n) is 5.10. The molecule has 0 spiro atoms. The van der Waals surface area contributed by atoms with Crippen molar-refractivity contribution in [1.82, 2.24) is 0 Å². The molecule has 0 atom stereocenters. The van der Waals surface area contributed by atoms with Gasteiger partial charge in [0.15, 0.2) is 0 Å². The summed E-state index contributed by atoms with van der Waals surface area (Å²) in [6.07, 6.45) is 2.02. The Bertz CT molecular complexity index is 72.2. The van der Waals surface area contributed by atoms with Gasteiger partial charge in [-0.2, -0.15) is 0 Å². The molecule has 0 bridgehead atoms. The van der Waals surface area contributed by atoms with Gasteiger partial charge in [-0.3, -0.25) is 0 Å². The second kappa shape index (κ2) is 3.14. The van der Waals surface area contributed by atoms with E-state index in [-0.39, 0.29) is 0 Å². The second-order valence-electron chi connectivity index (χ2n) is 1.87. The highest BCUT2D eigenvalue weighted by Crippen LogP contribution is 2.11. The van der Waals surface area contributed by atoms with Crippen molar-refractivity contribution in [3.05, 3.63) is 11.0 Å². The third-order valence-electron chi connectivity index (χ3n) is 0.887. The molecule has 1 heteroatoms. The molecule has 0 rings (SSSR count). The van der Waals surface area contributed by atoms with Crippen molar-refractivity contribution in [2.75, 3.05) is 0 Å². The minimum Gasteiger partial charge on any atom is -0.148 e. The van der Waals surface area contributed by atoms with Gasteiger partial charge in [0.2, 0.25) is 0 Å². The summed E-state index contributed by atoms with van der Waals surface area (Å²) in [6.45, 7) is 6.26. The zero-order valence-corrected chi connectivity index (χ0v) is 6.00. The molecule has 0 aromatic rings. The predicted molar refractivity (Wildman–Crippen MR) is 37.6 cm³/mol. The molecule has 0 heterocycles. The zero-order chi connectivity index (χ0) is 5.86. The third kappa shape index (κ3) is 2.75. The van der Waals surface area contributed by atoms with Gasteiger partial charge in [0.1, 0.15) is 0 Å². The second-order valence-corrected chi connectivity index (χ2v) is 2.38. The summed E-state index contributed by atoms with van der Waals surface area (Å²) in [5.74, 6) is 0.591. The van der Waals surface area contributed by atoms with Crippen LogP contribution < -0.4 is 0 Å². The van der Waals surface area contributed by atoms with Gasteiger partial charge in [-0.05, 0) is 17.7 Å². The molecule has 0 aliphatic rings. The fraction of sp³-hybridized carbons (Fsp3) is 0.667. The van der Waals surface area contributed by atoms with Crippen LogP contribution in [0.2, 0.25) is 0 Å². The van der Waals surface area contributed by atoms with Crippen LogP contribution in [0.1, 0.15) is 20.8 Å². The van der Waals surface area contributed by atoms with Crippen LogP contribution in [-0.4, -0.2) is 0 Å². The standard InChI is InChI=1S/C6H12S/c1-4-6(7)5(2)3/h4-5,7H,1-3H3/b6-4+. The van der Waals surface area contributed by atoms with E-state index in [2.05, 4.69) is 26.5 Å². The minimum absolute atomic E-state index is 0.591. The first-order valence-corrected chi connectivity index (χ1v) is 2.98. The Balaban J connectivity index is 3.56. The van der Waals surface area contributed by atoms with Crippen LogP contribution in [0.4, 0.5) is 0 Å². The Morgan fingerprint density at radius 2 is 2.00 bits per heavy atom. The Kier molecular flexibility index (Phi) is 3.18. The molecule has 0 aliphatic carbocycles. The monoisotopic (exact) mass is 116 g/mol. The molecule has 0 aromatic heterocycles. The number of hydrogen-bond donors (Lipinski definition) is 1. The summed E-state index contributed by atoms with van der Waals surface area (Å²) in [4.78, 5) is 1.17. The molecule has 0 saturated carbocycles. The molecule has 0 aromatic carbocycles. The Labute approximate surface area is 51.0 Å². The topological polar surface area (TPSA) is 0 Å². The van der Waals surface area contributed by atoms with Crippen molar-refractivity contribution in [3.8, 4) is 0 Å². The maximum atomic E-state index is 4.19. The van der Waals surface area contributed by atoms with Gasteiger partial charge in [0.05, 0.1) is 0 Å². The molecule has 0 unspecified atom stereocenters. The van der Waals surface area contributed by atoms with Gasteiger partial charge in [0.25, 0.3) is 0 Å². The summed E-state index contributed by atoms with van der Waals surface area (Å²) in [6, 6.07) is 0. The molecule has 0 fully saturated rings. The summed E-state index contributed by atoms with van der Waals surface area (Å²) in [5, 5.41) is 0. The van der Waals surface area contributed by atoms with Gasteiger partial charge >= 0.3 is 0 Å². The number of rotatable bonds is 1. The van der Waals surface area contributed by atoms with Crippen LogP contribution in [-0.2, 0) is 0 Å². The van der Waals surface area contributed by atoms with Crippen molar-refractivity contribution in [3.63, 3.8) is 0 Å². The molecule has 0 N–H and O–H groups in total. The van der Waals surface area contributed by atoms with E-state index < -0.39 is 0 Å². The van der Waals surface area contributed by atoms with Crippen molar-refractivity contribution >= 4 is 12.6 Å². The number of allylic oxidation sites excluding steroid dienone is 2. The van der Waals surface area contributed by atoms with Gasteiger partial charge in [-0.1, -0.05) is 19.9 Å². The van der Waals surface area contributed by atoms with Crippen LogP contribution in [0.3, 0.4) is 0 Å². The lowest BCUT2D eigenvalue weighted by molar-refractivity contribution is 0.816. The van der Waals surface area contributed by atoms with Crippen LogP contribution >= 0.6 is 12.6 Å². The van der Waals surface area contributed by atoms with Gasteiger partial charge < -0.3 is 0 Å². The maximum absolute atomic E-state index is 4.19. The normalized spacial score (nSPS) is 13.0. The van der Waals surface area contributed by atoms with Crippen molar-refractivity contribution in [2.45, 2.75) is 20.8 Å². The van der Waals surface area contributed by atoms with E-state index in [0.717, 1.165) is 0 Å². The molecule has 0 aliphatic heterocycles. The van der Waals surface area contributed by atoms with E-state index in [1.54, 1.807) is 0 Å². The molecular formula is C6H12S. The summed E-state index contributed by atoms with van der Waals surface area (Å²) >= 11 is 4.19.